The summed E-state index contributed by atoms with van der Waals surface area (Å²) in [5, 5.41) is 0.0725. The van der Waals surface area contributed by atoms with Gasteiger partial charge >= 0.3 is 11.9 Å². The maximum absolute atomic E-state index is 11.3. The van der Waals surface area contributed by atoms with Gasteiger partial charge in [-0.15, -0.1) is 0 Å². The molecule has 0 aliphatic carbocycles. The zero-order chi connectivity index (χ0) is 13.0. The predicted octanol–water partition coefficient (Wildman–Crippen LogP) is 0.182. The minimum absolute atomic E-state index is 0.0565. The Kier molecular flexibility index (Phi) is 4.57. The Morgan fingerprint density at radius 2 is 1.41 bits per heavy atom. The lowest BCUT2D eigenvalue weighted by Gasteiger charge is -2.08. The van der Waals surface area contributed by atoms with Crippen LogP contribution in [0, 0.1) is 0 Å². The lowest BCUT2D eigenvalue weighted by atomic mass is 10.1. The van der Waals surface area contributed by atoms with E-state index in [0.717, 1.165) is 0 Å². The average Bonchev–Trinajstić information content (AvgIpc) is 2.36. The van der Waals surface area contributed by atoms with Crippen molar-refractivity contribution >= 4 is 25.6 Å². The highest BCUT2D eigenvalue weighted by Crippen LogP contribution is 2.23. The Labute approximate surface area is 98.7 Å². The first-order valence-electron chi connectivity index (χ1n) is 4.49. The Hall–Kier alpha value is -1.49. The van der Waals surface area contributed by atoms with E-state index >= 15 is 0 Å². The Morgan fingerprint density at radius 3 is 1.71 bits per heavy atom. The maximum atomic E-state index is 11.3. The van der Waals surface area contributed by atoms with Crippen molar-refractivity contribution in [1.82, 2.24) is 0 Å². The van der Waals surface area contributed by atoms with E-state index in [4.69, 9.17) is 9.79 Å². The molecule has 0 atom stereocenters. The molecular weight excluding hydrogens is 247 g/mol. The topological polar surface area (TPSA) is 93.1 Å². The molecule has 1 rings (SSSR count). The highest BCUT2D eigenvalue weighted by molar-refractivity contribution is 7.54. The molecule has 0 unspecified atom stereocenters. The minimum atomic E-state index is -2.40. The molecule has 1 aromatic rings. The second-order valence-corrected chi connectivity index (χ2v) is 4.14. The quantitative estimate of drug-likeness (QED) is 0.593. The van der Waals surface area contributed by atoms with E-state index in [9.17, 15) is 9.59 Å². The molecule has 0 fully saturated rings. The number of ether oxygens (including phenoxy) is 2. The normalized spacial score (nSPS) is 10.2. The van der Waals surface area contributed by atoms with Crippen LogP contribution in [0.15, 0.2) is 18.2 Å². The van der Waals surface area contributed by atoms with E-state index in [0.29, 0.717) is 0 Å². The SMILES string of the molecule is COC(=O)c1cc(C(=O)OC)cc(P(O)O)c1. The smallest absolute Gasteiger partial charge is 0.337 e. The van der Waals surface area contributed by atoms with Crippen LogP contribution < -0.4 is 5.30 Å². The summed E-state index contributed by atoms with van der Waals surface area (Å²) >= 11 is 0. The Balaban J connectivity index is 3.28. The van der Waals surface area contributed by atoms with Crippen LogP contribution in [0.3, 0.4) is 0 Å². The molecule has 0 saturated heterocycles. The molecule has 0 saturated carbocycles. The summed E-state index contributed by atoms with van der Waals surface area (Å²) in [6.45, 7) is 0. The van der Waals surface area contributed by atoms with E-state index < -0.39 is 20.3 Å². The number of methoxy groups -OCH3 is 2. The van der Waals surface area contributed by atoms with E-state index in [1.807, 2.05) is 0 Å². The largest absolute Gasteiger partial charge is 0.465 e. The molecular formula is C10H11O6P. The van der Waals surface area contributed by atoms with Crippen molar-refractivity contribution in [2.24, 2.45) is 0 Å². The Morgan fingerprint density at radius 1 is 1.00 bits per heavy atom. The predicted molar refractivity (Wildman–Crippen MR) is 60.1 cm³/mol. The molecule has 1 aromatic carbocycles. The van der Waals surface area contributed by atoms with Crippen molar-refractivity contribution in [2.75, 3.05) is 14.2 Å². The number of carbonyl (C=O) groups excluding carboxylic acids is 2. The van der Waals surface area contributed by atoms with E-state index in [1.165, 1.54) is 32.4 Å². The third-order valence-electron chi connectivity index (χ3n) is 1.99. The maximum Gasteiger partial charge on any atom is 0.337 e. The van der Waals surface area contributed by atoms with Crippen molar-refractivity contribution in [1.29, 1.82) is 0 Å². The third-order valence-corrected chi connectivity index (χ3v) is 2.71. The molecule has 0 spiro atoms. The first-order chi connectivity index (χ1) is 7.99. The highest BCUT2D eigenvalue weighted by Gasteiger charge is 2.16. The van der Waals surface area contributed by atoms with Gasteiger partial charge in [-0.2, -0.15) is 0 Å². The first-order valence-corrected chi connectivity index (χ1v) is 5.74. The van der Waals surface area contributed by atoms with Crippen molar-refractivity contribution in [3.63, 3.8) is 0 Å². The van der Waals surface area contributed by atoms with Crippen LogP contribution in [-0.4, -0.2) is 35.9 Å². The molecule has 7 heteroatoms. The van der Waals surface area contributed by atoms with Crippen LogP contribution in [-0.2, 0) is 9.47 Å². The summed E-state index contributed by atoms with van der Waals surface area (Å²) in [7, 11) is -0.0271. The van der Waals surface area contributed by atoms with Gasteiger partial charge in [0.1, 0.15) is 0 Å². The molecule has 0 aliphatic rings. The van der Waals surface area contributed by atoms with Crippen molar-refractivity contribution in [2.45, 2.75) is 0 Å². The molecule has 0 aromatic heterocycles. The van der Waals surface area contributed by atoms with Gasteiger partial charge in [0.05, 0.1) is 25.3 Å². The number of hydrogen-bond acceptors (Lipinski definition) is 6. The molecule has 0 amide bonds. The zero-order valence-corrected chi connectivity index (χ0v) is 10.1. The summed E-state index contributed by atoms with van der Waals surface area (Å²) in [6.07, 6.45) is 0. The van der Waals surface area contributed by atoms with E-state index in [2.05, 4.69) is 9.47 Å². The van der Waals surface area contributed by atoms with Crippen molar-refractivity contribution < 1.29 is 28.8 Å². The van der Waals surface area contributed by atoms with Gasteiger partial charge < -0.3 is 19.3 Å². The van der Waals surface area contributed by atoms with Gasteiger partial charge in [0, 0.05) is 5.30 Å². The molecule has 0 radical (unpaired) electrons. The third kappa shape index (κ3) is 3.23. The van der Waals surface area contributed by atoms with Crippen LogP contribution in [0.1, 0.15) is 20.7 Å². The lowest BCUT2D eigenvalue weighted by molar-refractivity contribution is 0.0599. The zero-order valence-electron chi connectivity index (χ0n) is 9.21. The average molecular weight is 258 g/mol. The van der Waals surface area contributed by atoms with E-state index in [1.54, 1.807) is 0 Å². The number of rotatable bonds is 3. The second-order valence-electron chi connectivity index (χ2n) is 3.04. The fourth-order valence-corrected chi connectivity index (χ4v) is 1.71. The first kappa shape index (κ1) is 13.6. The fraction of sp³-hybridized carbons (Fsp3) is 0.200. The molecule has 2 N–H and O–H groups in total. The molecule has 0 aliphatic heterocycles. The molecule has 6 nitrogen and oxygen atoms in total. The summed E-state index contributed by atoms with van der Waals surface area (Å²) in [5.41, 5.74) is 0.113. The van der Waals surface area contributed by atoms with Crippen molar-refractivity contribution in [3.8, 4) is 0 Å². The van der Waals surface area contributed by atoms with E-state index in [-0.39, 0.29) is 16.4 Å². The van der Waals surface area contributed by atoms with Crippen LogP contribution in [0.25, 0.3) is 0 Å². The fourth-order valence-electron chi connectivity index (χ4n) is 1.20. The second kappa shape index (κ2) is 5.72. The number of esters is 2. The van der Waals surface area contributed by atoms with Gasteiger partial charge in [0.25, 0.3) is 0 Å². The van der Waals surface area contributed by atoms with Gasteiger partial charge in [0.2, 0.25) is 0 Å². The standard InChI is InChI=1S/C10H11O6P/c1-15-9(11)6-3-7(10(12)16-2)5-8(4-6)17(13)14/h3-5,13-14H,1-2H3. The van der Waals surface area contributed by atoms with Crippen LogP contribution >= 0.6 is 8.38 Å². The number of benzene rings is 1. The highest BCUT2D eigenvalue weighted by atomic mass is 31.2. The van der Waals surface area contributed by atoms with Crippen LogP contribution in [0.2, 0.25) is 0 Å². The van der Waals surface area contributed by atoms with Gasteiger partial charge in [0.15, 0.2) is 8.38 Å². The number of hydrogen-bond donors (Lipinski definition) is 2. The molecule has 17 heavy (non-hydrogen) atoms. The van der Waals surface area contributed by atoms with Gasteiger partial charge in [-0.3, -0.25) is 0 Å². The summed E-state index contributed by atoms with van der Waals surface area (Å²) < 4.78 is 8.98. The van der Waals surface area contributed by atoms with Crippen LogP contribution in [0.4, 0.5) is 0 Å². The monoisotopic (exact) mass is 258 g/mol. The van der Waals surface area contributed by atoms with Gasteiger partial charge in [-0.05, 0) is 18.2 Å². The van der Waals surface area contributed by atoms with Gasteiger partial charge in [-0.1, -0.05) is 0 Å². The Bertz CT molecular complexity index is 408. The molecule has 92 valence electrons. The molecule has 0 heterocycles. The summed E-state index contributed by atoms with van der Waals surface area (Å²) in [4.78, 5) is 40.8. The lowest BCUT2D eigenvalue weighted by Crippen LogP contribution is -2.13. The number of carbonyl (C=O) groups is 2. The van der Waals surface area contributed by atoms with Crippen LogP contribution in [0.5, 0.6) is 0 Å². The molecule has 0 bridgehead atoms. The summed E-state index contributed by atoms with van der Waals surface area (Å²) in [5.74, 6) is -1.34. The van der Waals surface area contributed by atoms with Gasteiger partial charge in [-0.25, -0.2) is 9.59 Å². The minimum Gasteiger partial charge on any atom is -0.465 e. The van der Waals surface area contributed by atoms with Crippen molar-refractivity contribution in [3.05, 3.63) is 29.3 Å². The summed E-state index contributed by atoms with van der Waals surface area (Å²) in [6, 6.07) is 3.77.